The highest BCUT2D eigenvalue weighted by Gasteiger charge is 2.35. The van der Waals surface area contributed by atoms with E-state index in [4.69, 9.17) is 38.9 Å². The van der Waals surface area contributed by atoms with Crippen LogP contribution in [-0.2, 0) is 13.0 Å². The Morgan fingerprint density at radius 2 is 1.94 bits per heavy atom. The van der Waals surface area contributed by atoms with Gasteiger partial charge in [-0.25, -0.2) is 9.97 Å². The predicted octanol–water partition coefficient (Wildman–Crippen LogP) is 3.83. The van der Waals surface area contributed by atoms with Crippen LogP contribution in [0.25, 0.3) is 11.3 Å². The molecule has 3 heterocycles. The molecule has 9 heteroatoms. The molecule has 1 aliphatic heterocycles. The number of halogens is 2. The quantitative estimate of drug-likeness (QED) is 0.561. The standard InChI is InChI=1S/C23H26Cl2N6O/c1-15-21(17-3-2-4-18(24)20(17)25)30-19(13-32)22(29-15)31-9-5-23(14-26,6-10-31)11-16-12-27-7-8-28-16/h2-4,7-8,12,32H,5-6,9-11,13-14,26H2,1H3. The summed E-state index contributed by atoms with van der Waals surface area (Å²) in [5.41, 5.74) is 9.72. The third-order valence-corrected chi connectivity index (χ3v) is 7.03. The number of nitrogens with two attached hydrogens (primary N) is 1. The fraction of sp³-hybridized carbons (Fsp3) is 0.391. The van der Waals surface area contributed by atoms with Crippen LogP contribution in [0.5, 0.6) is 0 Å². The Morgan fingerprint density at radius 3 is 2.59 bits per heavy atom. The van der Waals surface area contributed by atoms with Crippen molar-refractivity contribution in [3.05, 3.63) is 63.9 Å². The van der Waals surface area contributed by atoms with Gasteiger partial charge in [-0.2, -0.15) is 0 Å². The molecule has 2 aromatic heterocycles. The number of aromatic nitrogens is 4. The van der Waals surface area contributed by atoms with Gasteiger partial charge in [0.25, 0.3) is 0 Å². The van der Waals surface area contributed by atoms with Crippen molar-refractivity contribution in [2.75, 3.05) is 24.5 Å². The summed E-state index contributed by atoms with van der Waals surface area (Å²) in [6.07, 6.45) is 7.80. The van der Waals surface area contributed by atoms with E-state index in [9.17, 15) is 5.11 Å². The van der Waals surface area contributed by atoms with E-state index < -0.39 is 0 Å². The van der Waals surface area contributed by atoms with Crippen LogP contribution in [-0.4, -0.2) is 44.7 Å². The van der Waals surface area contributed by atoms with Gasteiger partial charge in [-0.15, -0.1) is 0 Å². The smallest absolute Gasteiger partial charge is 0.153 e. The summed E-state index contributed by atoms with van der Waals surface area (Å²) in [4.78, 5) is 20.3. The molecular weight excluding hydrogens is 447 g/mol. The van der Waals surface area contributed by atoms with Crippen LogP contribution in [0, 0.1) is 12.3 Å². The van der Waals surface area contributed by atoms with E-state index in [1.807, 2.05) is 25.3 Å². The number of piperidine rings is 1. The zero-order chi connectivity index (χ0) is 22.7. The normalized spacial score (nSPS) is 15.7. The first-order chi connectivity index (χ1) is 15.5. The summed E-state index contributed by atoms with van der Waals surface area (Å²) >= 11 is 12.6. The van der Waals surface area contributed by atoms with Crippen molar-refractivity contribution in [1.29, 1.82) is 0 Å². The lowest BCUT2D eigenvalue weighted by Crippen LogP contribution is -2.46. The molecular formula is C23H26Cl2N6O. The summed E-state index contributed by atoms with van der Waals surface area (Å²) in [7, 11) is 0. The molecule has 3 aromatic rings. The minimum Gasteiger partial charge on any atom is -0.390 e. The van der Waals surface area contributed by atoms with E-state index in [2.05, 4.69) is 14.9 Å². The number of benzene rings is 1. The van der Waals surface area contributed by atoms with Crippen LogP contribution >= 0.6 is 23.2 Å². The molecule has 0 spiro atoms. The Labute approximate surface area is 197 Å². The van der Waals surface area contributed by atoms with Gasteiger partial charge in [0.15, 0.2) is 5.82 Å². The van der Waals surface area contributed by atoms with Crippen LogP contribution in [0.1, 0.15) is 29.9 Å². The lowest BCUT2D eigenvalue weighted by atomic mass is 9.75. The molecule has 1 saturated heterocycles. The van der Waals surface area contributed by atoms with E-state index in [0.717, 1.165) is 43.7 Å². The molecule has 168 valence electrons. The molecule has 0 bridgehead atoms. The van der Waals surface area contributed by atoms with Crippen LogP contribution in [0.15, 0.2) is 36.8 Å². The van der Waals surface area contributed by atoms with Gasteiger partial charge in [0.2, 0.25) is 0 Å². The molecule has 1 aromatic carbocycles. The van der Waals surface area contributed by atoms with Gasteiger partial charge >= 0.3 is 0 Å². The zero-order valence-electron chi connectivity index (χ0n) is 17.9. The molecule has 4 rings (SSSR count). The largest absolute Gasteiger partial charge is 0.390 e. The van der Waals surface area contributed by atoms with Crippen molar-refractivity contribution >= 4 is 29.0 Å². The average molecular weight is 473 g/mol. The number of aryl methyl sites for hydroxylation is 1. The topological polar surface area (TPSA) is 101 Å². The summed E-state index contributed by atoms with van der Waals surface area (Å²) in [6.45, 7) is 3.81. The Hall–Kier alpha value is -2.32. The molecule has 7 nitrogen and oxygen atoms in total. The number of anilines is 1. The highest BCUT2D eigenvalue weighted by molar-refractivity contribution is 6.43. The van der Waals surface area contributed by atoms with Gasteiger partial charge in [-0.3, -0.25) is 9.97 Å². The van der Waals surface area contributed by atoms with Crippen molar-refractivity contribution < 1.29 is 5.11 Å². The average Bonchev–Trinajstić information content (AvgIpc) is 2.82. The number of aliphatic hydroxyl groups is 1. The highest BCUT2D eigenvalue weighted by atomic mass is 35.5. The Morgan fingerprint density at radius 1 is 1.16 bits per heavy atom. The third-order valence-electron chi connectivity index (χ3n) is 6.21. The van der Waals surface area contributed by atoms with E-state index in [1.54, 1.807) is 18.5 Å². The first-order valence-electron chi connectivity index (χ1n) is 10.6. The molecule has 32 heavy (non-hydrogen) atoms. The minimum atomic E-state index is -0.216. The fourth-order valence-corrected chi connectivity index (χ4v) is 4.68. The Kier molecular flexibility index (Phi) is 6.90. The van der Waals surface area contributed by atoms with E-state index >= 15 is 0 Å². The second-order valence-corrected chi connectivity index (χ2v) is 9.04. The van der Waals surface area contributed by atoms with Gasteiger partial charge in [-0.1, -0.05) is 35.3 Å². The lowest BCUT2D eigenvalue weighted by Gasteiger charge is -2.42. The van der Waals surface area contributed by atoms with E-state index in [-0.39, 0.29) is 12.0 Å². The van der Waals surface area contributed by atoms with E-state index in [1.165, 1.54) is 0 Å². The second-order valence-electron chi connectivity index (χ2n) is 8.25. The second kappa shape index (κ2) is 9.67. The number of aliphatic hydroxyl groups excluding tert-OH is 1. The number of hydrogen-bond acceptors (Lipinski definition) is 7. The summed E-state index contributed by atoms with van der Waals surface area (Å²) in [5.74, 6) is 0.706. The van der Waals surface area contributed by atoms with Gasteiger partial charge in [0.1, 0.15) is 5.69 Å². The van der Waals surface area contributed by atoms with Gasteiger partial charge < -0.3 is 15.7 Å². The molecule has 0 unspecified atom stereocenters. The molecule has 1 fully saturated rings. The number of hydrogen-bond donors (Lipinski definition) is 2. The lowest BCUT2D eigenvalue weighted by molar-refractivity contribution is 0.222. The number of nitrogens with zero attached hydrogens (tertiary/aromatic N) is 5. The van der Waals surface area contributed by atoms with Crippen molar-refractivity contribution in [3.63, 3.8) is 0 Å². The molecule has 0 radical (unpaired) electrons. The van der Waals surface area contributed by atoms with Gasteiger partial charge in [0, 0.05) is 37.2 Å². The SMILES string of the molecule is Cc1nc(N2CCC(CN)(Cc3cnccn3)CC2)c(CO)nc1-c1cccc(Cl)c1Cl. The van der Waals surface area contributed by atoms with Crippen LogP contribution in [0.3, 0.4) is 0 Å². The maximum atomic E-state index is 10.1. The van der Waals surface area contributed by atoms with Crippen LogP contribution in [0.2, 0.25) is 10.0 Å². The van der Waals surface area contributed by atoms with Crippen LogP contribution < -0.4 is 10.6 Å². The van der Waals surface area contributed by atoms with Gasteiger partial charge in [-0.05, 0) is 44.2 Å². The van der Waals surface area contributed by atoms with Crippen molar-refractivity contribution in [2.45, 2.75) is 32.8 Å². The molecule has 3 N–H and O–H groups in total. The zero-order valence-corrected chi connectivity index (χ0v) is 19.4. The van der Waals surface area contributed by atoms with Crippen molar-refractivity contribution in [3.8, 4) is 11.3 Å². The molecule has 0 amide bonds. The fourth-order valence-electron chi connectivity index (χ4n) is 4.29. The van der Waals surface area contributed by atoms with E-state index in [0.29, 0.717) is 39.4 Å². The van der Waals surface area contributed by atoms with Gasteiger partial charge in [0.05, 0.1) is 33.7 Å². The van der Waals surface area contributed by atoms with Crippen molar-refractivity contribution in [2.24, 2.45) is 11.1 Å². The Balaban J connectivity index is 1.58. The molecule has 0 aliphatic carbocycles. The Bertz CT molecular complexity index is 1090. The molecule has 0 atom stereocenters. The summed E-state index contributed by atoms with van der Waals surface area (Å²) in [5, 5.41) is 10.9. The van der Waals surface area contributed by atoms with Crippen molar-refractivity contribution in [1.82, 2.24) is 19.9 Å². The monoisotopic (exact) mass is 472 g/mol. The maximum absolute atomic E-state index is 10.1. The minimum absolute atomic E-state index is 0.0252. The summed E-state index contributed by atoms with van der Waals surface area (Å²) < 4.78 is 0. The summed E-state index contributed by atoms with van der Waals surface area (Å²) in [6, 6.07) is 5.41. The molecule has 0 saturated carbocycles. The third kappa shape index (κ3) is 4.57. The number of rotatable bonds is 6. The predicted molar refractivity (Wildman–Crippen MR) is 127 cm³/mol. The first kappa shape index (κ1) is 22.9. The highest BCUT2D eigenvalue weighted by Crippen LogP contribution is 2.38. The first-order valence-corrected chi connectivity index (χ1v) is 11.3. The maximum Gasteiger partial charge on any atom is 0.153 e. The molecule has 1 aliphatic rings. The van der Waals surface area contributed by atoms with Crippen LogP contribution in [0.4, 0.5) is 5.82 Å².